The summed E-state index contributed by atoms with van der Waals surface area (Å²) in [4.78, 5) is 23.1. The van der Waals surface area contributed by atoms with E-state index in [1.165, 1.54) is 0 Å². The van der Waals surface area contributed by atoms with Crippen molar-refractivity contribution in [1.29, 1.82) is 0 Å². The van der Waals surface area contributed by atoms with Gasteiger partial charge in [0.15, 0.2) is 0 Å². The molecule has 0 fully saturated rings. The van der Waals surface area contributed by atoms with Gasteiger partial charge in [-0.05, 0) is 25.8 Å². The summed E-state index contributed by atoms with van der Waals surface area (Å²) in [7, 11) is 0. The molecule has 0 aliphatic rings. The summed E-state index contributed by atoms with van der Waals surface area (Å²) in [6.45, 7) is 4.11. The Morgan fingerprint density at radius 3 is 2.50 bits per heavy atom. The number of carbonyl (C=O) groups excluding carboxylic acids is 2. The summed E-state index contributed by atoms with van der Waals surface area (Å²) in [5, 5.41) is 5.35. The van der Waals surface area contributed by atoms with E-state index in [1.54, 1.807) is 6.92 Å². The summed E-state index contributed by atoms with van der Waals surface area (Å²) in [6, 6.07) is 9.34. The Morgan fingerprint density at radius 1 is 1.22 bits per heavy atom. The summed E-state index contributed by atoms with van der Waals surface area (Å²) < 4.78 is 0. The van der Waals surface area contributed by atoms with E-state index < -0.39 is 6.04 Å². The van der Waals surface area contributed by atoms with Crippen LogP contribution in [0.1, 0.15) is 25.8 Å². The molecule has 1 rings (SSSR count). The predicted molar refractivity (Wildman–Crippen MR) is 71.1 cm³/mol. The van der Waals surface area contributed by atoms with Crippen molar-refractivity contribution in [3.05, 3.63) is 35.9 Å². The maximum atomic E-state index is 11.6. The Labute approximate surface area is 108 Å². The standard InChI is InChI=1S/C14H20N2O2/c1-3-15-14(18)11(2)16-13(17)10-9-12-7-5-4-6-8-12/h4-8,11H,3,9-10H2,1-2H3,(H,15,18)(H,16,17). The molecule has 4 nitrogen and oxygen atoms in total. The average Bonchev–Trinajstić information content (AvgIpc) is 2.38. The fourth-order valence-electron chi connectivity index (χ4n) is 1.61. The van der Waals surface area contributed by atoms with E-state index in [2.05, 4.69) is 10.6 Å². The van der Waals surface area contributed by atoms with Crippen LogP contribution in [-0.2, 0) is 16.0 Å². The van der Waals surface area contributed by atoms with Crippen LogP contribution in [0.5, 0.6) is 0 Å². The van der Waals surface area contributed by atoms with Crippen LogP contribution in [0.3, 0.4) is 0 Å². The molecule has 0 spiro atoms. The molecule has 0 saturated carbocycles. The van der Waals surface area contributed by atoms with E-state index in [0.29, 0.717) is 19.4 Å². The summed E-state index contributed by atoms with van der Waals surface area (Å²) in [5.74, 6) is -0.247. The zero-order valence-electron chi connectivity index (χ0n) is 10.9. The van der Waals surface area contributed by atoms with Crippen LogP contribution in [0.2, 0.25) is 0 Å². The molecule has 0 aliphatic carbocycles. The Bertz CT molecular complexity index is 390. The van der Waals surface area contributed by atoms with Crippen molar-refractivity contribution in [3.63, 3.8) is 0 Å². The van der Waals surface area contributed by atoms with Gasteiger partial charge in [0.25, 0.3) is 0 Å². The lowest BCUT2D eigenvalue weighted by molar-refractivity contribution is -0.128. The average molecular weight is 248 g/mol. The summed E-state index contributed by atoms with van der Waals surface area (Å²) in [5.41, 5.74) is 1.12. The van der Waals surface area contributed by atoms with Gasteiger partial charge in [0.2, 0.25) is 11.8 Å². The van der Waals surface area contributed by atoms with Crippen molar-refractivity contribution in [2.75, 3.05) is 6.54 Å². The first-order valence-corrected chi connectivity index (χ1v) is 6.24. The van der Waals surface area contributed by atoms with Gasteiger partial charge in [0.1, 0.15) is 6.04 Å². The van der Waals surface area contributed by atoms with Gasteiger partial charge < -0.3 is 10.6 Å². The SMILES string of the molecule is CCNC(=O)C(C)NC(=O)CCc1ccccc1. The van der Waals surface area contributed by atoms with Crippen LogP contribution in [0.25, 0.3) is 0 Å². The fraction of sp³-hybridized carbons (Fsp3) is 0.429. The van der Waals surface area contributed by atoms with Crippen LogP contribution in [-0.4, -0.2) is 24.4 Å². The molecule has 0 bridgehead atoms. The number of hydrogen-bond donors (Lipinski definition) is 2. The van der Waals surface area contributed by atoms with E-state index in [4.69, 9.17) is 0 Å². The zero-order chi connectivity index (χ0) is 13.4. The molecule has 18 heavy (non-hydrogen) atoms. The maximum absolute atomic E-state index is 11.6. The van der Waals surface area contributed by atoms with Gasteiger partial charge in [-0.2, -0.15) is 0 Å². The second kappa shape index (κ2) is 7.48. The van der Waals surface area contributed by atoms with Crippen molar-refractivity contribution in [2.45, 2.75) is 32.7 Å². The molecular weight excluding hydrogens is 228 g/mol. The molecule has 1 aromatic carbocycles. The van der Waals surface area contributed by atoms with E-state index in [0.717, 1.165) is 5.56 Å². The molecule has 1 atom stereocenters. The first-order valence-electron chi connectivity index (χ1n) is 6.24. The molecule has 2 N–H and O–H groups in total. The molecule has 98 valence electrons. The first kappa shape index (κ1) is 14.2. The van der Waals surface area contributed by atoms with Crippen molar-refractivity contribution in [2.24, 2.45) is 0 Å². The first-order chi connectivity index (χ1) is 8.63. The highest BCUT2D eigenvalue weighted by atomic mass is 16.2. The smallest absolute Gasteiger partial charge is 0.242 e. The molecule has 1 unspecified atom stereocenters. The van der Waals surface area contributed by atoms with E-state index in [9.17, 15) is 9.59 Å². The third-order valence-electron chi connectivity index (χ3n) is 2.61. The van der Waals surface area contributed by atoms with Gasteiger partial charge in [-0.3, -0.25) is 9.59 Å². The van der Waals surface area contributed by atoms with Crippen LogP contribution >= 0.6 is 0 Å². The number of hydrogen-bond acceptors (Lipinski definition) is 2. The lowest BCUT2D eigenvalue weighted by Crippen LogP contribution is -2.44. The zero-order valence-corrected chi connectivity index (χ0v) is 10.9. The van der Waals surface area contributed by atoms with Crippen LogP contribution < -0.4 is 10.6 Å². The topological polar surface area (TPSA) is 58.2 Å². The summed E-state index contributed by atoms with van der Waals surface area (Å²) >= 11 is 0. The monoisotopic (exact) mass is 248 g/mol. The highest BCUT2D eigenvalue weighted by Crippen LogP contribution is 2.02. The van der Waals surface area contributed by atoms with Gasteiger partial charge >= 0.3 is 0 Å². The Kier molecular flexibility index (Phi) is 5.91. The quantitative estimate of drug-likeness (QED) is 0.796. The van der Waals surface area contributed by atoms with Crippen LogP contribution in [0, 0.1) is 0 Å². The lowest BCUT2D eigenvalue weighted by atomic mass is 10.1. The third kappa shape index (κ3) is 4.99. The molecule has 4 heteroatoms. The van der Waals surface area contributed by atoms with E-state index >= 15 is 0 Å². The van der Waals surface area contributed by atoms with E-state index in [1.807, 2.05) is 37.3 Å². The maximum Gasteiger partial charge on any atom is 0.242 e. The van der Waals surface area contributed by atoms with Gasteiger partial charge in [-0.25, -0.2) is 0 Å². The molecule has 2 amide bonds. The largest absolute Gasteiger partial charge is 0.355 e. The second-order valence-corrected chi connectivity index (χ2v) is 4.17. The highest BCUT2D eigenvalue weighted by Gasteiger charge is 2.14. The number of likely N-dealkylation sites (N-methyl/N-ethyl adjacent to an activating group) is 1. The Morgan fingerprint density at radius 2 is 1.89 bits per heavy atom. The van der Waals surface area contributed by atoms with Gasteiger partial charge in [0, 0.05) is 13.0 Å². The lowest BCUT2D eigenvalue weighted by Gasteiger charge is -2.13. The minimum atomic E-state index is -0.478. The minimum absolute atomic E-state index is 0.0994. The Hall–Kier alpha value is -1.84. The second-order valence-electron chi connectivity index (χ2n) is 4.17. The molecular formula is C14H20N2O2. The number of amides is 2. The van der Waals surface area contributed by atoms with Crippen molar-refractivity contribution in [1.82, 2.24) is 10.6 Å². The molecule has 1 aromatic rings. The molecule has 0 aliphatic heterocycles. The normalized spacial score (nSPS) is 11.7. The number of carbonyl (C=O) groups is 2. The molecule has 0 aromatic heterocycles. The van der Waals surface area contributed by atoms with E-state index in [-0.39, 0.29) is 11.8 Å². The van der Waals surface area contributed by atoms with Crippen LogP contribution in [0.15, 0.2) is 30.3 Å². The highest BCUT2D eigenvalue weighted by molar-refractivity contribution is 5.87. The predicted octanol–water partition coefficient (Wildman–Crippen LogP) is 1.26. The molecule has 0 saturated heterocycles. The fourth-order valence-corrected chi connectivity index (χ4v) is 1.61. The van der Waals surface area contributed by atoms with Crippen molar-refractivity contribution in [3.8, 4) is 0 Å². The minimum Gasteiger partial charge on any atom is -0.355 e. The molecule has 0 radical (unpaired) electrons. The third-order valence-corrected chi connectivity index (χ3v) is 2.61. The Balaban J connectivity index is 2.31. The van der Waals surface area contributed by atoms with Crippen molar-refractivity contribution < 1.29 is 9.59 Å². The van der Waals surface area contributed by atoms with Crippen molar-refractivity contribution >= 4 is 11.8 Å². The van der Waals surface area contributed by atoms with Crippen LogP contribution in [0.4, 0.5) is 0 Å². The number of benzene rings is 1. The molecule has 0 heterocycles. The number of aryl methyl sites for hydroxylation is 1. The van der Waals surface area contributed by atoms with Gasteiger partial charge in [0.05, 0.1) is 0 Å². The van der Waals surface area contributed by atoms with Gasteiger partial charge in [-0.1, -0.05) is 30.3 Å². The number of rotatable bonds is 6. The summed E-state index contributed by atoms with van der Waals surface area (Å²) in [6.07, 6.45) is 1.09. The van der Waals surface area contributed by atoms with Gasteiger partial charge in [-0.15, -0.1) is 0 Å². The number of nitrogens with one attached hydrogen (secondary N) is 2.